The smallest absolute Gasteiger partial charge is 0.133 e. The van der Waals surface area contributed by atoms with Crippen molar-refractivity contribution in [3.63, 3.8) is 0 Å². The van der Waals surface area contributed by atoms with Crippen LogP contribution >= 0.6 is 0 Å². The lowest BCUT2D eigenvalue weighted by Gasteiger charge is -2.23. The number of allylic oxidation sites excluding steroid dienone is 3. The Hall–Kier alpha value is -2.75. The Labute approximate surface area is 137 Å². The molecule has 0 spiro atoms. The number of rotatable bonds is 3. The van der Waals surface area contributed by atoms with E-state index in [4.69, 9.17) is 5.10 Å². The van der Waals surface area contributed by atoms with Crippen molar-refractivity contribution in [2.24, 2.45) is 0 Å². The molecule has 0 bridgehead atoms. The SMILES string of the molecule is C=C1C(C)=CC(c2nn(-c3ccccc3)c(NC)c2C)=CN1C. The average molecular weight is 306 g/mol. The standard InChI is InChI=1S/C19H22N4/c1-13-11-16(12-22(5)15(13)3)18-14(2)19(20-4)23(21-18)17-9-7-6-8-10-17/h6-12,20H,3H2,1-2,4-5H3. The molecule has 4 heteroatoms. The molecule has 0 unspecified atom stereocenters. The molecule has 0 aliphatic carbocycles. The maximum absolute atomic E-state index is 4.85. The Morgan fingerprint density at radius 3 is 2.43 bits per heavy atom. The predicted molar refractivity (Wildman–Crippen MR) is 96.5 cm³/mol. The van der Waals surface area contributed by atoms with Crippen LogP contribution in [0, 0.1) is 6.92 Å². The molecular weight excluding hydrogens is 284 g/mol. The van der Waals surface area contributed by atoms with Gasteiger partial charge in [-0.15, -0.1) is 0 Å². The second-order valence-corrected chi connectivity index (χ2v) is 5.79. The minimum absolute atomic E-state index is 0.983. The van der Waals surface area contributed by atoms with Crippen molar-refractivity contribution in [2.45, 2.75) is 13.8 Å². The summed E-state index contributed by atoms with van der Waals surface area (Å²) < 4.78 is 1.96. The quantitative estimate of drug-likeness (QED) is 0.931. The highest BCUT2D eigenvalue weighted by molar-refractivity contribution is 5.79. The van der Waals surface area contributed by atoms with Gasteiger partial charge in [0.25, 0.3) is 0 Å². The Balaban J connectivity index is 2.14. The molecule has 2 aromatic rings. The molecule has 0 atom stereocenters. The summed E-state index contributed by atoms with van der Waals surface area (Å²) in [6, 6.07) is 10.2. The van der Waals surface area contributed by atoms with E-state index in [1.165, 1.54) is 0 Å². The third kappa shape index (κ3) is 2.57. The van der Waals surface area contributed by atoms with Gasteiger partial charge in [-0.05, 0) is 37.6 Å². The maximum Gasteiger partial charge on any atom is 0.133 e. The van der Waals surface area contributed by atoms with Gasteiger partial charge in [0, 0.05) is 37.1 Å². The van der Waals surface area contributed by atoms with Crippen molar-refractivity contribution in [3.05, 3.63) is 71.7 Å². The van der Waals surface area contributed by atoms with Crippen LogP contribution in [0.5, 0.6) is 0 Å². The van der Waals surface area contributed by atoms with E-state index in [0.29, 0.717) is 0 Å². The molecule has 0 saturated carbocycles. The lowest BCUT2D eigenvalue weighted by molar-refractivity contribution is 0.578. The fourth-order valence-electron chi connectivity index (χ4n) is 2.87. The van der Waals surface area contributed by atoms with Crippen LogP contribution in [0.15, 0.2) is 60.5 Å². The van der Waals surface area contributed by atoms with Crippen molar-refractivity contribution < 1.29 is 0 Å². The lowest BCUT2D eigenvalue weighted by atomic mass is 10.0. The average Bonchev–Trinajstić information content (AvgIpc) is 2.89. The van der Waals surface area contributed by atoms with E-state index < -0.39 is 0 Å². The Morgan fingerprint density at radius 2 is 1.83 bits per heavy atom. The maximum atomic E-state index is 4.85. The number of benzene rings is 1. The van der Waals surface area contributed by atoms with E-state index in [9.17, 15) is 0 Å². The molecule has 23 heavy (non-hydrogen) atoms. The van der Waals surface area contributed by atoms with Gasteiger partial charge in [-0.2, -0.15) is 5.10 Å². The van der Waals surface area contributed by atoms with Crippen LogP contribution < -0.4 is 5.32 Å². The molecule has 0 radical (unpaired) electrons. The molecule has 0 fully saturated rings. The molecule has 118 valence electrons. The zero-order valence-electron chi connectivity index (χ0n) is 14.1. The summed E-state index contributed by atoms with van der Waals surface area (Å²) >= 11 is 0. The number of nitrogens with zero attached hydrogens (tertiary/aromatic N) is 3. The monoisotopic (exact) mass is 306 g/mol. The molecular formula is C19H22N4. The van der Waals surface area contributed by atoms with Crippen molar-refractivity contribution in [1.29, 1.82) is 0 Å². The van der Waals surface area contributed by atoms with Gasteiger partial charge in [-0.25, -0.2) is 4.68 Å². The minimum atomic E-state index is 0.983. The Kier molecular flexibility index (Phi) is 3.82. The highest BCUT2D eigenvalue weighted by Gasteiger charge is 2.20. The number of likely N-dealkylation sites (N-methyl/N-ethyl adjacent to an activating group) is 1. The minimum Gasteiger partial charge on any atom is -0.373 e. The van der Waals surface area contributed by atoms with Gasteiger partial charge in [0.2, 0.25) is 0 Å². The third-order valence-electron chi connectivity index (χ3n) is 4.22. The Bertz CT molecular complexity index is 809. The number of nitrogens with one attached hydrogen (secondary N) is 1. The van der Waals surface area contributed by atoms with Crippen LogP contribution in [0.3, 0.4) is 0 Å². The summed E-state index contributed by atoms with van der Waals surface area (Å²) in [7, 11) is 3.94. The molecule has 3 rings (SSSR count). The predicted octanol–water partition coefficient (Wildman–Crippen LogP) is 3.97. The number of hydrogen-bond acceptors (Lipinski definition) is 3. The molecule has 1 N–H and O–H groups in total. The Morgan fingerprint density at radius 1 is 1.13 bits per heavy atom. The largest absolute Gasteiger partial charge is 0.373 e. The first-order valence-electron chi connectivity index (χ1n) is 7.68. The summed E-state index contributed by atoms with van der Waals surface area (Å²) in [6.45, 7) is 8.26. The van der Waals surface area contributed by atoms with Crippen molar-refractivity contribution in [1.82, 2.24) is 14.7 Å². The van der Waals surface area contributed by atoms with Crippen LogP contribution in [-0.4, -0.2) is 28.8 Å². The topological polar surface area (TPSA) is 33.1 Å². The normalized spacial score (nSPS) is 14.6. The van der Waals surface area contributed by atoms with Gasteiger partial charge in [0.05, 0.1) is 11.4 Å². The highest BCUT2D eigenvalue weighted by atomic mass is 15.3. The van der Waals surface area contributed by atoms with Crippen LogP contribution in [-0.2, 0) is 0 Å². The molecule has 1 aliphatic heterocycles. The molecule has 1 aromatic carbocycles. The third-order valence-corrected chi connectivity index (χ3v) is 4.22. The summed E-state index contributed by atoms with van der Waals surface area (Å²) in [5.41, 5.74) is 6.43. The summed E-state index contributed by atoms with van der Waals surface area (Å²) in [5, 5.41) is 8.13. The second-order valence-electron chi connectivity index (χ2n) is 5.79. The number of para-hydroxylation sites is 1. The van der Waals surface area contributed by atoms with Gasteiger partial charge in [0.1, 0.15) is 5.82 Å². The fraction of sp³-hybridized carbons (Fsp3) is 0.211. The number of aromatic nitrogens is 2. The van der Waals surface area contributed by atoms with Gasteiger partial charge >= 0.3 is 0 Å². The van der Waals surface area contributed by atoms with Crippen molar-refractivity contribution in [2.75, 3.05) is 19.4 Å². The molecule has 1 aromatic heterocycles. The van der Waals surface area contributed by atoms with Crippen molar-refractivity contribution in [3.8, 4) is 5.69 Å². The zero-order valence-corrected chi connectivity index (χ0v) is 14.1. The van der Waals surface area contributed by atoms with Crippen LogP contribution in [0.4, 0.5) is 5.82 Å². The van der Waals surface area contributed by atoms with Gasteiger partial charge in [0.15, 0.2) is 0 Å². The van der Waals surface area contributed by atoms with E-state index >= 15 is 0 Å². The van der Waals surface area contributed by atoms with Crippen LogP contribution in [0.25, 0.3) is 11.3 Å². The lowest BCUT2D eigenvalue weighted by Crippen LogP contribution is -2.14. The van der Waals surface area contributed by atoms with Gasteiger partial charge in [-0.3, -0.25) is 0 Å². The molecule has 0 amide bonds. The first-order valence-corrected chi connectivity index (χ1v) is 7.68. The number of anilines is 1. The van der Waals surface area contributed by atoms with E-state index in [1.807, 2.05) is 41.9 Å². The van der Waals surface area contributed by atoms with Gasteiger partial charge < -0.3 is 10.2 Å². The highest BCUT2D eigenvalue weighted by Crippen LogP contribution is 2.32. The molecule has 1 aliphatic rings. The van der Waals surface area contributed by atoms with Gasteiger partial charge in [-0.1, -0.05) is 24.8 Å². The van der Waals surface area contributed by atoms with Crippen LogP contribution in [0.1, 0.15) is 18.2 Å². The summed E-state index contributed by atoms with van der Waals surface area (Å²) in [4.78, 5) is 2.05. The van der Waals surface area contributed by atoms with E-state index in [1.54, 1.807) is 0 Å². The zero-order chi connectivity index (χ0) is 16.6. The number of hydrogen-bond donors (Lipinski definition) is 1. The summed E-state index contributed by atoms with van der Waals surface area (Å²) in [6.07, 6.45) is 4.23. The molecule has 4 nitrogen and oxygen atoms in total. The van der Waals surface area contributed by atoms with E-state index in [-0.39, 0.29) is 0 Å². The fourth-order valence-corrected chi connectivity index (χ4v) is 2.87. The molecule has 0 saturated heterocycles. The second kappa shape index (κ2) is 5.80. The van der Waals surface area contributed by atoms with Crippen LogP contribution in [0.2, 0.25) is 0 Å². The summed E-state index contributed by atoms with van der Waals surface area (Å²) in [5.74, 6) is 1.00. The molecule has 2 heterocycles. The van der Waals surface area contributed by atoms with E-state index in [0.717, 1.165) is 39.6 Å². The first kappa shape index (κ1) is 15.2. The van der Waals surface area contributed by atoms with E-state index in [2.05, 4.69) is 50.2 Å². The van der Waals surface area contributed by atoms with Crippen molar-refractivity contribution >= 4 is 11.4 Å². The first-order chi connectivity index (χ1) is 11.0.